The van der Waals surface area contributed by atoms with E-state index in [0.717, 1.165) is 24.0 Å². The van der Waals surface area contributed by atoms with Crippen LogP contribution in [0.1, 0.15) is 22.8 Å². The molecule has 0 unspecified atom stereocenters. The summed E-state index contributed by atoms with van der Waals surface area (Å²) in [6, 6.07) is 3.62. The number of methoxy groups -OCH3 is 1. The van der Waals surface area contributed by atoms with Crippen LogP contribution in [0.3, 0.4) is 0 Å². The predicted molar refractivity (Wildman–Crippen MR) is 52.2 cm³/mol. The molecule has 1 aromatic rings. The molecule has 0 aliphatic carbocycles. The van der Waals surface area contributed by atoms with Crippen molar-refractivity contribution >= 4 is 6.29 Å². The second-order valence-electron chi connectivity index (χ2n) is 3.45. The van der Waals surface area contributed by atoms with Crippen LogP contribution in [0.15, 0.2) is 12.1 Å². The third-order valence-electron chi connectivity index (χ3n) is 2.38. The zero-order chi connectivity index (χ0) is 10.1. The molecule has 1 aromatic carbocycles. The highest BCUT2D eigenvalue weighted by molar-refractivity contribution is 5.80. The molecule has 0 saturated heterocycles. The van der Waals surface area contributed by atoms with Crippen LogP contribution in [-0.4, -0.2) is 19.5 Å². The van der Waals surface area contributed by atoms with E-state index < -0.39 is 0 Å². The van der Waals surface area contributed by atoms with Crippen molar-refractivity contribution in [2.24, 2.45) is 0 Å². The molecule has 14 heavy (non-hydrogen) atoms. The summed E-state index contributed by atoms with van der Waals surface area (Å²) in [7, 11) is 1.56. The number of hydrogen-bond acceptors (Lipinski definition) is 3. The Morgan fingerprint density at radius 1 is 1.57 bits per heavy atom. The Kier molecular flexibility index (Phi) is 2.15. The molecule has 0 bridgehead atoms. The van der Waals surface area contributed by atoms with E-state index in [9.17, 15) is 4.79 Å². The Labute approximate surface area is 82.6 Å². The third kappa shape index (κ3) is 1.35. The van der Waals surface area contributed by atoms with Gasteiger partial charge in [0.15, 0.2) is 6.29 Å². The molecule has 0 amide bonds. The molecule has 1 aliphatic rings. The van der Waals surface area contributed by atoms with Crippen LogP contribution in [0, 0.1) is 0 Å². The predicted octanol–water partition coefficient (Wildman–Crippen LogP) is 1.83. The third-order valence-corrected chi connectivity index (χ3v) is 2.38. The van der Waals surface area contributed by atoms with E-state index in [1.165, 1.54) is 0 Å². The van der Waals surface area contributed by atoms with Crippen molar-refractivity contribution in [1.29, 1.82) is 0 Å². The fourth-order valence-electron chi connectivity index (χ4n) is 1.72. The minimum atomic E-state index is 0.191. The molecule has 1 aliphatic heterocycles. The highest BCUT2D eigenvalue weighted by Gasteiger charge is 2.21. The first-order valence-corrected chi connectivity index (χ1v) is 4.57. The standard InChI is InChI=1S/C11H12O3/c1-7-3-8-4-10(13-2)9(6-12)5-11(8)14-7/h4-7H,3H2,1-2H3/t7-/m0/s1. The van der Waals surface area contributed by atoms with Gasteiger partial charge in [0, 0.05) is 12.0 Å². The van der Waals surface area contributed by atoms with E-state index in [2.05, 4.69) is 0 Å². The first kappa shape index (κ1) is 9.06. The number of hydrogen-bond donors (Lipinski definition) is 0. The van der Waals surface area contributed by atoms with E-state index in [-0.39, 0.29) is 6.10 Å². The van der Waals surface area contributed by atoms with Gasteiger partial charge >= 0.3 is 0 Å². The van der Waals surface area contributed by atoms with E-state index >= 15 is 0 Å². The van der Waals surface area contributed by atoms with Crippen molar-refractivity contribution in [2.75, 3.05) is 7.11 Å². The van der Waals surface area contributed by atoms with Crippen LogP contribution < -0.4 is 9.47 Å². The maximum Gasteiger partial charge on any atom is 0.153 e. The number of ether oxygens (including phenoxy) is 2. The number of aldehydes is 1. The molecule has 0 spiro atoms. The molecular formula is C11H12O3. The SMILES string of the molecule is COc1cc2c(cc1C=O)O[C@@H](C)C2. The molecule has 3 heteroatoms. The summed E-state index contributed by atoms with van der Waals surface area (Å²) < 4.78 is 10.6. The van der Waals surface area contributed by atoms with Gasteiger partial charge in [0.25, 0.3) is 0 Å². The zero-order valence-corrected chi connectivity index (χ0v) is 8.24. The summed E-state index contributed by atoms with van der Waals surface area (Å²) in [5, 5.41) is 0. The Morgan fingerprint density at radius 3 is 3.00 bits per heavy atom. The van der Waals surface area contributed by atoms with Gasteiger partial charge in [-0.1, -0.05) is 0 Å². The number of fused-ring (bicyclic) bond motifs is 1. The molecular weight excluding hydrogens is 180 g/mol. The maximum absolute atomic E-state index is 10.7. The topological polar surface area (TPSA) is 35.5 Å². The van der Waals surface area contributed by atoms with Gasteiger partial charge in [0.1, 0.15) is 17.6 Å². The van der Waals surface area contributed by atoms with Crippen molar-refractivity contribution in [2.45, 2.75) is 19.4 Å². The normalized spacial score (nSPS) is 18.6. The Balaban J connectivity index is 2.48. The number of carbonyl (C=O) groups excluding carboxylic acids is 1. The monoisotopic (exact) mass is 192 g/mol. The van der Waals surface area contributed by atoms with Crippen LogP contribution in [0.2, 0.25) is 0 Å². The number of benzene rings is 1. The summed E-state index contributed by atoms with van der Waals surface area (Å²) >= 11 is 0. The quantitative estimate of drug-likeness (QED) is 0.670. The first-order valence-electron chi connectivity index (χ1n) is 4.57. The second kappa shape index (κ2) is 3.33. The Hall–Kier alpha value is -1.51. The van der Waals surface area contributed by atoms with E-state index in [4.69, 9.17) is 9.47 Å². The van der Waals surface area contributed by atoms with Gasteiger partial charge < -0.3 is 9.47 Å². The largest absolute Gasteiger partial charge is 0.496 e. The fourth-order valence-corrected chi connectivity index (χ4v) is 1.72. The number of rotatable bonds is 2. The van der Waals surface area contributed by atoms with Crippen molar-refractivity contribution in [3.8, 4) is 11.5 Å². The fraction of sp³-hybridized carbons (Fsp3) is 0.364. The van der Waals surface area contributed by atoms with Crippen LogP contribution in [0.4, 0.5) is 0 Å². The molecule has 2 rings (SSSR count). The lowest BCUT2D eigenvalue weighted by molar-refractivity contribution is 0.112. The second-order valence-corrected chi connectivity index (χ2v) is 3.45. The van der Waals surface area contributed by atoms with Gasteiger partial charge in [-0.2, -0.15) is 0 Å². The molecule has 1 heterocycles. The van der Waals surface area contributed by atoms with Crippen molar-refractivity contribution < 1.29 is 14.3 Å². The molecule has 3 nitrogen and oxygen atoms in total. The maximum atomic E-state index is 10.7. The lowest BCUT2D eigenvalue weighted by Crippen LogP contribution is -2.05. The summed E-state index contributed by atoms with van der Waals surface area (Å²) in [5.41, 5.74) is 1.65. The van der Waals surface area contributed by atoms with Crippen molar-refractivity contribution in [3.05, 3.63) is 23.3 Å². The van der Waals surface area contributed by atoms with Gasteiger partial charge in [0.05, 0.1) is 12.7 Å². The molecule has 0 fully saturated rings. The van der Waals surface area contributed by atoms with Crippen LogP contribution in [-0.2, 0) is 6.42 Å². The minimum absolute atomic E-state index is 0.191. The smallest absolute Gasteiger partial charge is 0.153 e. The van der Waals surface area contributed by atoms with E-state index in [0.29, 0.717) is 11.3 Å². The highest BCUT2D eigenvalue weighted by atomic mass is 16.5. The Bertz CT molecular complexity index is 371. The van der Waals surface area contributed by atoms with E-state index in [1.54, 1.807) is 13.2 Å². The summed E-state index contributed by atoms with van der Waals surface area (Å²) in [5.74, 6) is 1.43. The van der Waals surface area contributed by atoms with Crippen molar-refractivity contribution in [1.82, 2.24) is 0 Å². The van der Waals surface area contributed by atoms with Gasteiger partial charge in [0.2, 0.25) is 0 Å². The van der Waals surface area contributed by atoms with Gasteiger partial charge in [-0.15, -0.1) is 0 Å². The van der Waals surface area contributed by atoms with Gasteiger partial charge in [-0.05, 0) is 19.1 Å². The highest BCUT2D eigenvalue weighted by Crippen LogP contribution is 2.34. The lowest BCUT2D eigenvalue weighted by atomic mass is 10.1. The number of carbonyl (C=O) groups is 1. The molecule has 0 radical (unpaired) electrons. The molecule has 0 aromatic heterocycles. The first-order chi connectivity index (χ1) is 6.74. The average Bonchev–Trinajstić information content (AvgIpc) is 2.54. The van der Waals surface area contributed by atoms with Crippen LogP contribution >= 0.6 is 0 Å². The van der Waals surface area contributed by atoms with Crippen LogP contribution in [0.25, 0.3) is 0 Å². The molecule has 0 N–H and O–H groups in total. The van der Waals surface area contributed by atoms with Crippen LogP contribution in [0.5, 0.6) is 11.5 Å². The molecule has 74 valence electrons. The lowest BCUT2D eigenvalue weighted by Gasteiger charge is -2.06. The van der Waals surface area contributed by atoms with Gasteiger partial charge in [-0.3, -0.25) is 4.79 Å². The summed E-state index contributed by atoms with van der Waals surface area (Å²) in [4.78, 5) is 10.7. The minimum Gasteiger partial charge on any atom is -0.496 e. The molecule has 1 atom stereocenters. The van der Waals surface area contributed by atoms with Crippen molar-refractivity contribution in [3.63, 3.8) is 0 Å². The van der Waals surface area contributed by atoms with E-state index in [1.807, 2.05) is 13.0 Å². The summed E-state index contributed by atoms with van der Waals surface area (Å²) in [6.07, 6.45) is 1.85. The van der Waals surface area contributed by atoms with Gasteiger partial charge in [-0.25, -0.2) is 0 Å². The average molecular weight is 192 g/mol. The Morgan fingerprint density at radius 2 is 2.36 bits per heavy atom. The summed E-state index contributed by atoms with van der Waals surface area (Å²) in [6.45, 7) is 2.01. The molecule has 0 saturated carbocycles. The zero-order valence-electron chi connectivity index (χ0n) is 8.24.